The Morgan fingerprint density at radius 3 is 2.10 bits per heavy atom. The van der Waals surface area contributed by atoms with Gasteiger partial charge in [-0.1, -0.05) is 36.4 Å². The summed E-state index contributed by atoms with van der Waals surface area (Å²) in [6.07, 6.45) is -0.0193. The summed E-state index contributed by atoms with van der Waals surface area (Å²) >= 11 is 0. The molecule has 0 radical (unpaired) electrons. The van der Waals surface area contributed by atoms with E-state index in [1.807, 2.05) is 0 Å². The number of ketones is 3. The molecule has 9 nitrogen and oxygen atoms in total. The molecule has 3 aromatic rings. The molecule has 1 heterocycles. The molecule has 1 atom stereocenters. The van der Waals surface area contributed by atoms with Crippen LogP contribution in [0, 0.1) is 0 Å². The van der Waals surface area contributed by atoms with Crippen molar-refractivity contribution >= 4 is 29.3 Å². The highest BCUT2D eigenvalue weighted by Crippen LogP contribution is 2.49. The zero-order valence-electron chi connectivity index (χ0n) is 22.2. The molecule has 1 aliphatic heterocycles. The summed E-state index contributed by atoms with van der Waals surface area (Å²) < 4.78 is 21.5. The Morgan fingerprint density at radius 2 is 1.43 bits per heavy atom. The summed E-state index contributed by atoms with van der Waals surface area (Å²) in [6.45, 7) is 0. The number of Topliss-reactive ketones (excluding diaryl/α,β-unsaturated/α-hetero) is 1. The smallest absolute Gasteiger partial charge is 0.343 e. The van der Waals surface area contributed by atoms with Gasteiger partial charge in [0.05, 0.1) is 21.3 Å². The van der Waals surface area contributed by atoms with Crippen LogP contribution in [-0.4, -0.2) is 50.6 Å². The Kier molecular flexibility index (Phi) is 7.21. The number of benzene rings is 3. The predicted molar refractivity (Wildman–Crippen MR) is 141 cm³/mol. The maximum atomic E-state index is 13.8. The monoisotopic (exact) mass is 542 g/mol. The highest BCUT2D eigenvalue weighted by Gasteiger charge is 2.45. The number of methoxy groups -OCH3 is 3. The third kappa shape index (κ3) is 4.33. The van der Waals surface area contributed by atoms with Crippen LogP contribution in [0.25, 0.3) is 0 Å². The molecule has 0 aromatic heterocycles. The van der Waals surface area contributed by atoms with Crippen molar-refractivity contribution in [3.05, 3.63) is 93.0 Å². The van der Waals surface area contributed by atoms with Crippen LogP contribution in [0.2, 0.25) is 0 Å². The van der Waals surface area contributed by atoms with Crippen LogP contribution in [0.15, 0.2) is 48.5 Å². The van der Waals surface area contributed by atoms with E-state index in [1.165, 1.54) is 27.4 Å². The highest BCUT2D eigenvalue weighted by molar-refractivity contribution is 6.30. The fourth-order valence-corrected chi connectivity index (χ4v) is 5.35. The molecule has 2 aliphatic rings. The Labute approximate surface area is 230 Å². The van der Waals surface area contributed by atoms with E-state index in [9.17, 15) is 24.0 Å². The van der Waals surface area contributed by atoms with Gasteiger partial charge in [-0.25, -0.2) is 4.79 Å². The summed E-state index contributed by atoms with van der Waals surface area (Å²) in [5.41, 5.74) is 1.30. The van der Waals surface area contributed by atoms with Gasteiger partial charge < -0.3 is 18.9 Å². The SMILES string of the molecule is COC(=O)CCCCC(=O)c1cccc(OC)c1C1OC(=O)c2c(OC)cc3c(c21)C(=O)c1ccccc1C3=O. The minimum absolute atomic E-state index is 0.0224. The zero-order valence-corrected chi connectivity index (χ0v) is 22.2. The van der Waals surface area contributed by atoms with Crippen molar-refractivity contribution < 1.29 is 42.9 Å². The number of ether oxygens (including phenoxy) is 4. The van der Waals surface area contributed by atoms with E-state index < -0.39 is 17.9 Å². The summed E-state index contributed by atoms with van der Waals surface area (Å²) in [5, 5.41) is 0. The van der Waals surface area contributed by atoms with E-state index in [0.717, 1.165) is 0 Å². The molecule has 0 fully saturated rings. The minimum Gasteiger partial charge on any atom is -0.496 e. The topological polar surface area (TPSA) is 122 Å². The van der Waals surface area contributed by atoms with Gasteiger partial charge in [-0.3, -0.25) is 19.2 Å². The fraction of sp³-hybridized carbons (Fsp3) is 0.258. The van der Waals surface area contributed by atoms with Gasteiger partial charge in [0.15, 0.2) is 23.5 Å². The van der Waals surface area contributed by atoms with Gasteiger partial charge in [-0.15, -0.1) is 0 Å². The zero-order chi connectivity index (χ0) is 28.6. The number of hydrogen-bond donors (Lipinski definition) is 0. The lowest BCUT2D eigenvalue weighted by Crippen LogP contribution is -2.24. The molecular formula is C31H26O9. The number of carbonyl (C=O) groups excluding carboxylic acids is 5. The number of carbonyl (C=O) groups is 5. The standard InChI is InChI=1S/C31H26O9/c1-37-21-13-8-11-18(20(32)12-6-7-14-23(33)39-3)24(21)30-27-25-19(15-22(38-2)26(27)31(36)40-30)28(34)16-9-4-5-10-17(16)29(25)35/h4-5,8-11,13,15,30H,6-7,12,14H2,1-3H3. The Morgan fingerprint density at radius 1 is 0.750 bits per heavy atom. The molecule has 5 rings (SSSR count). The van der Waals surface area contributed by atoms with Crippen LogP contribution in [-0.2, 0) is 14.3 Å². The van der Waals surface area contributed by atoms with E-state index in [2.05, 4.69) is 4.74 Å². The van der Waals surface area contributed by atoms with Crippen molar-refractivity contribution in [2.24, 2.45) is 0 Å². The molecule has 0 N–H and O–H groups in total. The molecule has 0 amide bonds. The van der Waals surface area contributed by atoms with E-state index in [0.29, 0.717) is 12.8 Å². The van der Waals surface area contributed by atoms with Gasteiger partial charge in [0, 0.05) is 51.8 Å². The number of unbranched alkanes of at least 4 members (excludes halogenated alkanes) is 1. The van der Waals surface area contributed by atoms with E-state index >= 15 is 0 Å². The van der Waals surface area contributed by atoms with Crippen molar-refractivity contribution in [3.63, 3.8) is 0 Å². The number of rotatable bonds is 9. The molecule has 0 spiro atoms. The molecule has 9 heteroatoms. The molecule has 0 saturated heterocycles. The lowest BCUT2D eigenvalue weighted by Gasteiger charge is -2.24. The molecule has 0 bridgehead atoms. The molecule has 40 heavy (non-hydrogen) atoms. The first-order valence-electron chi connectivity index (χ1n) is 12.7. The molecule has 1 unspecified atom stereocenters. The Bertz CT molecular complexity index is 1580. The number of cyclic esters (lactones) is 1. The van der Waals surface area contributed by atoms with Crippen molar-refractivity contribution in [1.29, 1.82) is 0 Å². The summed E-state index contributed by atoms with van der Waals surface area (Å²) in [5.74, 6) is -1.81. The second kappa shape index (κ2) is 10.8. The van der Waals surface area contributed by atoms with Crippen molar-refractivity contribution in [1.82, 2.24) is 0 Å². The van der Waals surface area contributed by atoms with Gasteiger partial charge in [-0.2, -0.15) is 0 Å². The largest absolute Gasteiger partial charge is 0.496 e. The molecule has 204 valence electrons. The third-order valence-corrected chi connectivity index (χ3v) is 7.24. The second-order valence-electron chi connectivity index (χ2n) is 9.41. The summed E-state index contributed by atoms with van der Waals surface area (Å²) in [4.78, 5) is 65.5. The van der Waals surface area contributed by atoms with Crippen molar-refractivity contribution in [2.45, 2.75) is 31.8 Å². The minimum atomic E-state index is -1.21. The third-order valence-electron chi connectivity index (χ3n) is 7.24. The summed E-state index contributed by atoms with van der Waals surface area (Å²) in [7, 11) is 4.09. The maximum absolute atomic E-state index is 13.8. The van der Waals surface area contributed by atoms with Crippen LogP contribution >= 0.6 is 0 Å². The first-order chi connectivity index (χ1) is 19.3. The maximum Gasteiger partial charge on any atom is 0.343 e. The van der Waals surface area contributed by atoms with E-state index in [1.54, 1.807) is 42.5 Å². The van der Waals surface area contributed by atoms with Crippen LogP contribution < -0.4 is 9.47 Å². The van der Waals surface area contributed by atoms with Gasteiger partial charge in [0.25, 0.3) is 0 Å². The average molecular weight is 543 g/mol. The first-order valence-corrected chi connectivity index (χ1v) is 12.7. The van der Waals surface area contributed by atoms with Gasteiger partial charge >= 0.3 is 11.9 Å². The summed E-state index contributed by atoms with van der Waals surface area (Å²) in [6, 6.07) is 12.7. The van der Waals surface area contributed by atoms with Crippen molar-refractivity contribution in [3.8, 4) is 11.5 Å². The lowest BCUT2D eigenvalue weighted by atomic mass is 9.78. The molecule has 1 aliphatic carbocycles. The number of esters is 2. The number of hydrogen-bond acceptors (Lipinski definition) is 9. The fourth-order valence-electron chi connectivity index (χ4n) is 5.35. The van der Waals surface area contributed by atoms with Gasteiger partial charge in [0.2, 0.25) is 0 Å². The van der Waals surface area contributed by atoms with E-state index in [-0.39, 0.29) is 86.4 Å². The molecule has 3 aromatic carbocycles. The lowest BCUT2D eigenvalue weighted by molar-refractivity contribution is -0.140. The first kappa shape index (κ1) is 26.8. The molecular weight excluding hydrogens is 516 g/mol. The molecule has 0 saturated carbocycles. The van der Waals surface area contributed by atoms with Crippen molar-refractivity contribution in [2.75, 3.05) is 21.3 Å². The Balaban J connectivity index is 1.65. The predicted octanol–water partition coefficient (Wildman–Crippen LogP) is 4.66. The Hall–Kier alpha value is -4.79. The van der Waals surface area contributed by atoms with Gasteiger partial charge in [0.1, 0.15) is 17.1 Å². The second-order valence-corrected chi connectivity index (χ2v) is 9.41. The van der Waals surface area contributed by atoms with Crippen LogP contribution in [0.4, 0.5) is 0 Å². The van der Waals surface area contributed by atoms with Gasteiger partial charge in [-0.05, 0) is 25.0 Å². The normalized spacial score (nSPS) is 15.1. The average Bonchev–Trinajstić information content (AvgIpc) is 3.33. The van der Waals surface area contributed by atoms with E-state index in [4.69, 9.17) is 14.2 Å². The van der Waals surface area contributed by atoms with Crippen LogP contribution in [0.5, 0.6) is 11.5 Å². The quantitative estimate of drug-likeness (QED) is 0.169. The highest BCUT2D eigenvalue weighted by atomic mass is 16.6. The number of fused-ring (bicyclic) bond motifs is 4. The van der Waals surface area contributed by atoms with Crippen LogP contribution in [0.3, 0.4) is 0 Å². The van der Waals surface area contributed by atoms with Crippen LogP contribution in [0.1, 0.15) is 95.5 Å².